The summed E-state index contributed by atoms with van der Waals surface area (Å²) in [6, 6.07) is 8.61. The van der Waals surface area contributed by atoms with Gasteiger partial charge >= 0.3 is 5.97 Å². The van der Waals surface area contributed by atoms with Crippen molar-refractivity contribution >= 4 is 29.2 Å². The third-order valence-electron chi connectivity index (χ3n) is 4.20. The molecule has 0 aliphatic rings. The molecule has 1 atom stereocenters. The lowest BCUT2D eigenvalue weighted by molar-refractivity contribution is -0.123. The Hall–Kier alpha value is -2.73. The third kappa shape index (κ3) is 5.64. The van der Waals surface area contributed by atoms with Gasteiger partial charge in [0.05, 0.1) is 23.8 Å². The number of methoxy groups -OCH3 is 1. The van der Waals surface area contributed by atoms with Crippen molar-refractivity contribution in [2.75, 3.05) is 12.4 Å². The number of para-hydroxylation sites is 1. The largest absolute Gasteiger partial charge is 0.493 e. The summed E-state index contributed by atoms with van der Waals surface area (Å²) in [6.07, 6.45) is -1.12. The minimum absolute atomic E-state index is 0.118. The summed E-state index contributed by atoms with van der Waals surface area (Å²) in [5.74, 6) is -0.452. The molecule has 2 aromatic carbocycles. The number of halogens is 1. The molecule has 156 valence electrons. The number of nitrogens with one attached hydrogen (secondary N) is 1. The Bertz CT molecular complexity index is 890. The maximum atomic E-state index is 12.5. The van der Waals surface area contributed by atoms with Gasteiger partial charge in [0.15, 0.2) is 17.6 Å². The Morgan fingerprint density at radius 1 is 1.07 bits per heavy atom. The predicted molar refractivity (Wildman–Crippen MR) is 113 cm³/mol. The number of rotatable bonds is 7. The van der Waals surface area contributed by atoms with E-state index in [0.29, 0.717) is 17.2 Å². The quantitative estimate of drug-likeness (QED) is 0.643. The summed E-state index contributed by atoms with van der Waals surface area (Å²) in [7, 11) is 1.45. The van der Waals surface area contributed by atoms with E-state index >= 15 is 0 Å². The number of hydrogen-bond donors (Lipinski definition) is 1. The maximum absolute atomic E-state index is 12.5. The number of carbonyl (C=O) groups is 2. The molecule has 0 spiro atoms. The van der Waals surface area contributed by atoms with E-state index in [1.54, 1.807) is 0 Å². The number of carbonyl (C=O) groups excluding carboxylic acids is 2. The first-order valence-electron chi connectivity index (χ1n) is 9.26. The van der Waals surface area contributed by atoms with Crippen molar-refractivity contribution in [2.45, 2.75) is 46.8 Å². The van der Waals surface area contributed by atoms with Gasteiger partial charge in [0, 0.05) is 5.69 Å². The Kier molecular flexibility index (Phi) is 7.51. The first kappa shape index (κ1) is 22.6. The highest BCUT2D eigenvalue weighted by atomic mass is 35.5. The van der Waals surface area contributed by atoms with Crippen LogP contribution in [0.25, 0.3) is 0 Å². The molecule has 29 heavy (non-hydrogen) atoms. The second-order valence-corrected chi connectivity index (χ2v) is 7.37. The minimum atomic E-state index is -1.00. The highest BCUT2D eigenvalue weighted by Crippen LogP contribution is 2.37. The Labute approximate surface area is 176 Å². The van der Waals surface area contributed by atoms with Crippen LogP contribution in [0.3, 0.4) is 0 Å². The molecule has 0 fully saturated rings. The molecule has 6 nitrogen and oxygen atoms in total. The molecule has 0 saturated carbocycles. The van der Waals surface area contributed by atoms with Gasteiger partial charge in [0.1, 0.15) is 0 Å². The lowest BCUT2D eigenvalue weighted by Crippen LogP contribution is -2.30. The first-order chi connectivity index (χ1) is 13.6. The zero-order valence-electron chi connectivity index (χ0n) is 17.5. The van der Waals surface area contributed by atoms with Crippen LogP contribution in [0.1, 0.15) is 42.3 Å². The van der Waals surface area contributed by atoms with E-state index in [9.17, 15) is 9.59 Å². The average molecular weight is 420 g/mol. The van der Waals surface area contributed by atoms with Crippen LogP contribution in [-0.2, 0) is 9.53 Å². The van der Waals surface area contributed by atoms with Crippen molar-refractivity contribution < 1.29 is 23.8 Å². The number of amides is 1. The Balaban J connectivity index is 2.14. The standard InChI is InChI=1S/C22H26ClNO5/c1-12(2)28-20-17(23)10-16(11-18(20)27-6)22(26)29-15(5)21(25)24-19-13(3)8-7-9-14(19)4/h7-12,15H,1-6H3,(H,24,25)/t15-/m1/s1. The van der Waals surface area contributed by atoms with Crippen molar-refractivity contribution in [2.24, 2.45) is 0 Å². The van der Waals surface area contributed by atoms with Crippen LogP contribution in [0.15, 0.2) is 30.3 Å². The van der Waals surface area contributed by atoms with E-state index in [0.717, 1.165) is 11.1 Å². The molecule has 0 radical (unpaired) electrons. The van der Waals surface area contributed by atoms with Gasteiger partial charge in [-0.1, -0.05) is 29.8 Å². The van der Waals surface area contributed by atoms with Gasteiger partial charge in [-0.2, -0.15) is 0 Å². The summed E-state index contributed by atoms with van der Waals surface area (Å²) < 4.78 is 16.2. The molecular weight excluding hydrogens is 394 g/mol. The lowest BCUT2D eigenvalue weighted by Gasteiger charge is -2.18. The second-order valence-electron chi connectivity index (χ2n) is 6.96. The van der Waals surface area contributed by atoms with Gasteiger partial charge < -0.3 is 19.5 Å². The van der Waals surface area contributed by atoms with Crippen LogP contribution < -0.4 is 14.8 Å². The molecule has 1 N–H and O–H groups in total. The van der Waals surface area contributed by atoms with Gasteiger partial charge in [-0.3, -0.25) is 4.79 Å². The highest BCUT2D eigenvalue weighted by Gasteiger charge is 2.23. The average Bonchev–Trinajstić information content (AvgIpc) is 2.65. The highest BCUT2D eigenvalue weighted by molar-refractivity contribution is 6.32. The van der Waals surface area contributed by atoms with Crippen molar-refractivity contribution in [1.82, 2.24) is 0 Å². The number of ether oxygens (including phenoxy) is 3. The fourth-order valence-electron chi connectivity index (χ4n) is 2.71. The van der Waals surface area contributed by atoms with Gasteiger partial charge in [0.25, 0.3) is 5.91 Å². The van der Waals surface area contributed by atoms with Crippen molar-refractivity contribution in [1.29, 1.82) is 0 Å². The van der Waals surface area contributed by atoms with Gasteiger partial charge in [-0.05, 0) is 57.9 Å². The SMILES string of the molecule is COc1cc(C(=O)O[C@H](C)C(=O)Nc2c(C)cccc2C)cc(Cl)c1OC(C)C. The third-order valence-corrected chi connectivity index (χ3v) is 4.48. The number of aryl methyl sites for hydroxylation is 2. The summed E-state index contributed by atoms with van der Waals surface area (Å²) in [6.45, 7) is 9.02. The molecule has 2 aromatic rings. The van der Waals surface area contributed by atoms with Gasteiger partial charge in [-0.25, -0.2) is 4.79 Å². The fraction of sp³-hybridized carbons (Fsp3) is 0.364. The summed E-state index contributed by atoms with van der Waals surface area (Å²) in [5, 5.41) is 3.03. The van der Waals surface area contributed by atoms with Crippen LogP contribution in [0.4, 0.5) is 5.69 Å². The summed E-state index contributed by atoms with van der Waals surface area (Å²) >= 11 is 6.25. The zero-order chi connectivity index (χ0) is 21.7. The van der Waals surface area contributed by atoms with Crippen LogP contribution in [-0.4, -0.2) is 31.2 Å². The molecule has 0 heterocycles. The normalized spacial score (nSPS) is 11.7. The van der Waals surface area contributed by atoms with Crippen LogP contribution >= 0.6 is 11.6 Å². The van der Waals surface area contributed by atoms with Crippen molar-refractivity contribution in [3.63, 3.8) is 0 Å². The molecule has 2 rings (SSSR count). The van der Waals surface area contributed by atoms with E-state index < -0.39 is 18.0 Å². The van der Waals surface area contributed by atoms with Crippen molar-refractivity contribution in [3.05, 3.63) is 52.0 Å². The van der Waals surface area contributed by atoms with E-state index in [1.807, 2.05) is 45.9 Å². The topological polar surface area (TPSA) is 73.9 Å². The number of esters is 1. The van der Waals surface area contributed by atoms with E-state index in [4.69, 9.17) is 25.8 Å². The molecule has 0 aliphatic heterocycles. The van der Waals surface area contributed by atoms with Crippen LogP contribution in [0, 0.1) is 13.8 Å². The van der Waals surface area contributed by atoms with E-state index in [1.165, 1.54) is 26.2 Å². The van der Waals surface area contributed by atoms with Crippen molar-refractivity contribution in [3.8, 4) is 11.5 Å². The predicted octanol–water partition coefficient (Wildman–Crippen LogP) is 4.94. The molecule has 0 aromatic heterocycles. The number of benzene rings is 2. The molecular formula is C22H26ClNO5. The smallest absolute Gasteiger partial charge is 0.339 e. The lowest BCUT2D eigenvalue weighted by atomic mass is 10.1. The first-order valence-corrected chi connectivity index (χ1v) is 9.64. The van der Waals surface area contributed by atoms with E-state index in [2.05, 4.69) is 5.32 Å². The van der Waals surface area contributed by atoms with Crippen LogP contribution in [0.2, 0.25) is 5.02 Å². The molecule has 0 bridgehead atoms. The number of hydrogen-bond acceptors (Lipinski definition) is 5. The molecule has 0 unspecified atom stereocenters. The Morgan fingerprint density at radius 3 is 2.24 bits per heavy atom. The van der Waals surface area contributed by atoms with Gasteiger partial charge in [-0.15, -0.1) is 0 Å². The summed E-state index contributed by atoms with van der Waals surface area (Å²) in [5.41, 5.74) is 2.72. The van der Waals surface area contributed by atoms with Crippen LogP contribution in [0.5, 0.6) is 11.5 Å². The van der Waals surface area contributed by atoms with E-state index in [-0.39, 0.29) is 16.7 Å². The van der Waals surface area contributed by atoms with Gasteiger partial charge in [0.2, 0.25) is 0 Å². The molecule has 7 heteroatoms. The monoisotopic (exact) mass is 419 g/mol. The second kappa shape index (κ2) is 9.65. The molecule has 0 saturated heterocycles. The number of anilines is 1. The zero-order valence-corrected chi connectivity index (χ0v) is 18.2. The minimum Gasteiger partial charge on any atom is -0.493 e. The summed E-state index contributed by atoms with van der Waals surface area (Å²) in [4.78, 5) is 25.0. The molecule has 0 aliphatic carbocycles. The maximum Gasteiger partial charge on any atom is 0.339 e. The Morgan fingerprint density at radius 2 is 1.69 bits per heavy atom. The fourth-order valence-corrected chi connectivity index (χ4v) is 2.96. The molecule has 1 amide bonds.